The first-order valence-electron chi connectivity index (χ1n) is 16.8. The molecule has 50 heavy (non-hydrogen) atoms. The topological polar surface area (TPSA) is 219 Å². The molecule has 0 unspecified atom stereocenters. The number of esters is 2. The lowest BCUT2D eigenvalue weighted by atomic mass is 9.77. The fourth-order valence-electron chi connectivity index (χ4n) is 6.42. The van der Waals surface area contributed by atoms with Gasteiger partial charge in [0.05, 0.1) is 37.6 Å². The van der Waals surface area contributed by atoms with Gasteiger partial charge >= 0.3 is 11.9 Å². The van der Waals surface area contributed by atoms with E-state index in [0.29, 0.717) is 37.5 Å². The first-order chi connectivity index (χ1) is 23.6. The molecular weight excluding hydrogens is 656 g/mol. The highest BCUT2D eigenvalue weighted by Gasteiger charge is 2.65. The van der Waals surface area contributed by atoms with Crippen LogP contribution in [0.5, 0.6) is 0 Å². The lowest BCUT2D eigenvalue weighted by molar-refractivity contribution is -0.351. The molecule has 280 valence electrons. The fourth-order valence-corrected chi connectivity index (χ4v) is 6.42. The molecule has 0 amide bonds. The van der Waals surface area contributed by atoms with E-state index in [9.17, 15) is 34.8 Å². The second-order valence-electron chi connectivity index (χ2n) is 13.3. The fraction of sp³-hybridized carbons (Fsp3) is 0.639. The van der Waals surface area contributed by atoms with Gasteiger partial charge in [-0.1, -0.05) is 35.5 Å². The van der Waals surface area contributed by atoms with Crippen molar-refractivity contribution < 1.29 is 68.7 Å². The van der Waals surface area contributed by atoms with Crippen molar-refractivity contribution in [3.05, 3.63) is 58.4 Å². The van der Waals surface area contributed by atoms with Crippen molar-refractivity contribution in [1.82, 2.24) is 0 Å². The summed E-state index contributed by atoms with van der Waals surface area (Å²) in [5, 5.41) is 61.5. The Morgan fingerprint density at radius 3 is 2.00 bits per heavy atom. The molecule has 2 aliphatic heterocycles. The van der Waals surface area contributed by atoms with Crippen molar-refractivity contribution in [2.75, 3.05) is 19.8 Å². The van der Waals surface area contributed by atoms with Crippen LogP contribution in [0.25, 0.3) is 0 Å². The number of fused-ring (bicyclic) bond motifs is 1. The smallest absolute Gasteiger partial charge is 0.333 e. The van der Waals surface area contributed by atoms with Gasteiger partial charge in [0.2, 0.25) is 12.6 Å². The van der Waals surface area contributed by atoms with Gasteiger partial charge in [0.15, 0.2) is 12.4 Å². The van der Waals surface area contributed by atoms with Gasteiger partial charge in [0.1, 0.15) is 29.5 Å². The van der Waals surface area contributed by atoms with Gasteiger partial charge in [-0.2, -0.15) is 0 Å². The molecule has 0 bridgehead atoms. The van der Waals surface area contributed by atoms with Crippen molar-refractivity contribution in [2.24, 2.45) is 5.92 Å². The molecule has 6 N–H and O–H groups in total. The summed E-state index contributed by atoms with van der Waals surface area (Å²) in [6.45, 7) is 7.44. The molecule has 3 rings (SSSR count). The minimum atomic E-state index is -1.87. The van der Waals surface area contributed by atoms with E-state index in [4.69, 9.17) is 33.9 Å². The highest BCUT2D eigenvalue weighted by atomic mass is 16.8. The lowest BCUT2D eigenvalue weighted by Gasteiger charge is -2.47. The highest BCUT2D eigenvalue weighted by molar-refractivity contribution is 5.88. The standard InChI is InChI=1S/C36H52O14/c1-21(12-16-37)8-6-10-23(3)31(43)48-29-28(42)27(41)26(19-40)47-33(29)49-34-30-35(5,14-15-36(30,45)25(18-39)20-46-34)50-32(44)24(4)11-7-9-22(2)13-17-38/h10-13,18,20,26-30,33-34,37-38,40-42,45H,6-9,14-17,19H2,1-5H3/b21-12+,22-13+,23-10+,24-11+/t26-,27-,28+,29-,30-,33+,34+,35+,36+/m1/s1. The summed E-state index contributed by atoms with van der Waals surface area (Å²) in [5.74, 6) is -2.75. The molecule has 3 aliphatic rings. The number of allylic oxidation sites excluding steroid dienone is 4. The Morgan fingerprint density at radius 1 is 0.880 bits per heavy atom. The minimum Gasteiger partial charge on any atom is -0.471 e. The zero-order valence-corrected chi connectivity index (χ0v) is 29.3. The van der Waals surface area contributed by atoms with E-state index in [1.54, 1.807) is 38.2 Å². The number of aliphatic hydroxyl groups excluding tert-OH is 5. The van der Waals surface area contributed by atoms with Crippen molar-refractivity contribution in [1.29, 1.82) is 0 Å². The maximum Gasteiger partial charge on any atom is 0.333 e. The Kier molecular flexibility index (Phi) is 15.1. The van der Waals surface area contributed by atoms with E-state index in [1.807, 2.05) is 13.8 Å². The van der Waals surface area contributed by atoms with E-state index in [1.165, 1.54) is 6.92 Å². The molecule has 1 aliphatic carbocycles. The third-order valence-electron chi connectivity index (χ3n) is 9.57. The van der Waals surface area contributed by atoms with Crippen molar-refractivity contribution in [3.63, 3.8) is 0 Å². The molecule has 0 aromatic heterocycles. The molecule has 1 saturated carbocycles. The van der Waals surface area contributed by atoms with Gasteiger partial charge in [0, 0.05) is 11.1 Å². The monoisotopic (exact) mass is 708 g/mol. The van der Waals surface area contributed by atoms with Crippen LogP contribution >= 0.6 is 0 Å². The van der Waals surface area contributed by atoms with Crippen LogP contribution < -0.4 is 0 Å². The molecule has 14 heteroatoms. The Morgan fingerprint density at radius 2 is 1.46 bits per heavy atom. The summed E-state index contributed by atoms with van der Waals surface area (Å²) in [5.41, 5.74) is -1.09. The summed E-state index contributed by atoms with van der Waals surface area (Å²) in [6.07, 6.45) is 0.726. The first kappa shape index (κ1) is 41.2. The van der Waals surface area contributed by atoms with Crippen LogP contribution in [0.1, 0.15) is 73.1 Å². The Labute approximate surface area is 292 Å². The summed E-state index contributed by atoms with van der Waals surface area (Å²) >= 11 is 0. The number of aliphatic hydroxyl groups is 6. The molecule has 2 heterocycles. The molecule has 9 atom stereocenters. The number of carbonyl (C=O) groups is 3. The van der Waals surface area contributed by atoms with Gasteiger partial charge in [-0.3, -0.25) is 4.79 Å². The summed E-state index contributed by atoms with van der Waals surface area (Å²) < 4.78 is 29.2. The van der Waals surface area contributed by atoms with E-state index in [0.717, 1.165) is 17.4 Å². The number of hydrogen-bond acceptors (Lipinski definition) is 14. The number of hydrogen-bond donors (Lipinski definition) is 6. The average Bonchev–Trinajstić information content (AvgIpc) is 3.35. The Balaban J connectivity index is 1.88. The van der Waals surface area contributed by atoms with Crippen molar-refractivity contribution in [3.8, 4) is 0 Å². The number of ether oxygens (including phenoxy) is 5. The summed E-state index contributed by atoms with van der Waals surface area (Å²) in [6, 6.07) is 0. The molecule has 2 fully saturated rings. The van der Waals surface area contributed by atoms with Gasteiger partial charge < -0.3 is 54.3 Å². The third kappa shape index (κ3) is 9.76. The molecule has 0 radical (unpaired) electrons. The van der Waals surface area contributed by atoms with Crippen LogP contribution in [0.2, 0.25) is 0 Å². The summed E-state index contributed by atoms with van der Waals surface area (Å²) in [4.78, 5) is 38.4. The van der Waals surface area contributed by atoms with Crippen molar-refractivity contribution >= 4 is 18.2 Å². The van der Waals surface area contributed by atoms with E-state index < -0.39 is 72.7 Å². The van der Waals surface area contributed by atoms with E-state index in [2.05, 4.69) is 0 Å². The molecule has 0 spiro atoms. The van der Waals surface area contributed by atoms with Crippen LogP contribution in [0.4, 0.5) is 0 Å². The van der Waals surface area contributed by atoms with Gasteiger partial charge in [-0.15, -0.1) is 0 Å². The number of aldehydes is 1. The van der Waals surface area contributed by atoms with Crippen molar-refractivity contribution in [2.45, 2.75) is 121 Å². The van der Waals surface area contributed by atoms with E-state index in [-0.39, 0.29) is 37.2 Å². The maximum atomic E-state index is 13.3. The highest BCUT2D eigenvalue weighted by Crippen LogP contribution is 2.53. The molecule has 1 saturated heterocycles. The largest absolute Gasteiger partial charge is 0.471 e. The van der Waals surface area contributed by atoms with E-state index >= 15 is 0 Å². The quantitative estimate of drug-likeness (QED) is 0.0581. The SMILES string of the molecule is C/C(=C\CO)CC/C=C(\C)C(=O)O[C@H]1[C@H](O[C@@H]2OC=C(C=O)[C@@]3(O)CC[C@](C)(OC(=O)/C(C)=C/CC/C(C)=C/CO)[C@@H]23)O[C@H](CO)[C@@H](O)[C@@H]1O. The zero-order chi connectivity index (χ0) is 37.2. The minimum absolute atomic E-state index is 0.00928. The van der Waals surface area contributed by atoms with Crippen LogP contribution in [0, 0.1) is 5.92 Å². The zero-order valence-electron chi connectivity index (χ0n) is 29.3. The lowest BCUT2D eigenvalue weighted by Crippen LogP contribution is -2.63. The summed E-state index contributed by atoms with van der Waals surface area (Å²) in [7, 11) is 0. The number of rotatable bonds is 16. The molecule has 0 aromatic carbocycles. The number of carbonyl (C=O) groups excluding carboxylic acids is 3. The molecule has 0 aromatic rings. The second kappa shape index (κ2) is 18.3. The van der Waals surface area contributed by atoms with Crippen LogP contribution in [0.15, 0.2) is 58.4 Å². The molecular formula is C36H52O14. The Hall–Kier alpha value is -3.21. The van der Waals surface area contributed by atoms with Crippen LogP contribution in [-0.2, 0) is 38.1 Å². The van der Waals surface area contributed by atoms with Crippen LogP contribution in [0.3, 0.4) is 0 Å². The third-order valence-corrected chi connectivity index (χ3v) is 9.57. The predicted octanol–water partition coefficient (Wildman–Crippen LogP) is 1.57. The van der Waals surface area contributed by atoms with Gasteiger partial charge in [-0.25, -0.2) is 9.59 Å². The maximum absolute atomic E-state index is 13.3. The van der Waals surface area contributed by atoms with Gasteiger partial charge in [-0.05, 0) is 73.1 Å². The normalized spacial score (nSPS) is 33.7. The predicted molar refractivity (Wildman–Crippen MR) is 178 cm³/mol. The average molecular weight is 709 g/mol. The molecule has 14 nitrogen and oxygen atoms in total. The van der Waals surface area contributed by atoms with Crippen LogP contribution in [-0.4, -0.2) is 117 Å². The first-order valence-corrected chi connectivity index (χ1v) is 16.8. The Bertz CT molecular complexity index is 1360. The van der Waals surface area contributed by atoms with Gasteiger partial charge in [0.25, 0.3) is 0 Å². The second-order valence-corrected chi connectivity index (χ2v) is 13.3.